The van der Waals surface area contributed by atoms with Gasteiger partial charge in [0, 0.05) is 11.5 Å². The summed E-state index contributed by atoms with van der Waals surface area (Å²) in [7, 11) is -2.12. The van der Waals surface area contributed by atoms with Gasteiger partial charge in [0.05, 0.1) is 31.4 Å². The third-order valence-electron chi connectivity index (χ3n) is 4.35. The van der Waals surface area contributed by atoms with Crippen molar-refractivity contribution in [3.05, 3.63) is 24.3 Å². The van der Waals surface area contributed by atoms with Crippen molar-refractivity contribution in [1.82, 2.24) is 0 Å². The predicted molar refractivity (Wildman–Crippen MR) is 116 cm³/mol. The first-order valence-electron chi connectivity index (χ1n) is 9.85. The summed E-state index contributed by atoms with van der Waals surface area (Å²) >= 11 is 0. The minimum absolute atomic E-state index is 0.327. The van der Waals surface area contributed by atoms with Gasteiger partial charge in [-0.15, -0.1) is 0 Å². The maximum atomic E-state index is 12.7. The molecule has 0 aromatic heterocycles. The van der Waals surface area contributed by atoms with E-state index in [4.69, 9.17) is 0 Å². The van der Waals surface area contributed by atoms with Crippen molar-refractivity contribution >= 4 is 21.6 Å². The zero-order chi connectivity index (χ0) is 19.8. The molecular weight excluding hydrogens is 360 g/mol. The van der Waals surface area contributed by atoms with E-state index in [0.29, 0.717) is 22.3 Å². The second kappa shape index (κ2) is 10.8. The maximum absolute atomic E-state index is 12.7. The maximum Gasteiger partial charge on any atom is 0.0549 e. The highest BCUT2D eigenvalue weighted by Crippen LogP contribution is 2.25. The molecule has 0 aliphatic rings. The molecule has 2 atom stereocenters. The first-order valence-corrected chi connectivity index (χ1v) is 12.5. The topological polar surface area (TPSA) is 34.1 Å². The molecule has 0 aliphatic carbocycles. The Morgan fingerprint density at radius 3 is 1.31 bits per heavy atom. The molecule has 0 saturated heterocycles. The van der Waals surface area contributed by atoms with Crippen molar-refractivity contribution in [3.63, 3.8) is 0 Å². The van der Waals surface area contributed by atoms with Crippen molar-refractivity contribution in [2.75, 3.05) is 11.5 Å². The van der Waals surface area contributed by atoms with Crippen LogP contribution in [-0.2, 0) is 21.6 Å². The Hall–Kier alpha value is -0.480. The minimum atomic E-state index is -1.06. The number of rotatable bonds is 10. The average Bonchev–Trinajstić information content (AvgIpc) is 2.53. The second-order valence-corrected chi connectivity index (χ2v) is 12.7. The normalized spacial score (nSPS) is 15.0. The fourth-order valence-corrected chi connectivity index (χ4v) is 5.80. The van der Waals surface area contributed by atoms with Crippen LogP contribution in [0.4, 0.5) is 0 Å². The Balaban J connectivity index is 2.57. The Kier molecular flexibility index (Phi) is 9.74. The van der Waals surface area contributed by atoms with Gasteiger partial charge in [0.25, 0.3) is 0 Å². The van der Waals surface area contributed by atoms with Gasteiger partial charge in [-0.2, -0.15) is 0 Å². The van der Waals surface area contributed by atoms with E-state index in [1.165, 1.54) is 0 Å². The molecule has 0 radical (unpaired) electrons. The SMILES string of the molecule is CC(C)(C)CCCCS(=O)c1ccccc1S(=O)CCCCC(C)(C)C. The van der Waals surface area contributed by atoms with E-state index in [1.54, 1.807) is 0 Å². The Morgan fingerprint density at radius 1 is 0.654 bits per heavy atom. The third kappa shape index (κ3) is 10.0. The molecule has 0 spiro atoms. The van der Waals surface area contributed by atoms with Gasteiger partial charge in [-0.3, -0.25) is 8.42 Å². The first-order chi connectivity index (χ1) is 12.0. The van der Waals surface area contributed by atoms with Crippen molar-refractivity contribution in [2.45, 2.75) is 89.9 Å². The molecule has 1 rings (SSSR count). The van der Waals surface area contributed by atoms with E-state index in [2.05, 4.69) is 41.5 Å². The van der Waals surface area contributed by atoms with Gasteiger partial charge in [-0.25, -0.2) is 0 Å². The number of hydrogen-bond acceptors (Lipinski definition) is 2. The molecule has 0 N–H and O–H groups in total. The Labute approximate surface area is 166 Å². The van der Waals surface area contributed by atoms with E-state index in [1.807, 2.05) is 24.3 Å². The number of hydrogen-bond donors (Lipinski definition) is 0. The van der Waals surface area contributed by atoms with E-state index in [-0.39, 0.29) is 0 Å². The van der Waals surface area contributed by atoms with Gasteiger partial charge in [0.1, 0.15) is 0 Å². The lowest BCUT2D eigenvalue weighted by atomic mass is 9.90. The van der Waals surface area contributed by atoms with E-state index in [9.17, 15) is 8.42 Å². The van der Waals surface area contributed by atoms with Gasteiger partial charge in [0.2, 0.25) is 0 Å². The average molecular weight is 399 g/mol. The van der Waals surface area contributed by atoms with Crippen molar-refractivity contribution in [2.24, 2.45) is 10.8 Å². The van der Waals surface area contributed by atoms with Gasteiger partial charge >= 0.3 is 0 Å². The molecule has 150 valence electrons. The molecular formula is C22H38O2S2. The fraction of sp³-hybridized carbons (Fsp3) is 0.727. The molecule has 1 aromatic carbocycles. The van der Waals surface area contributed by atoms with E-state index in [0.717, 1.165) is 48.3 Å². The van der Waals surface area contributed by atoms with E-state index >= 15 is 0 Å². The first kappa shape index (κ1) is 23.6. The van der Waals surface area contributed by atoms with Crippen LogP contribution in [0, 0.1) is 10.8 Å². The Bertz CT molecular complexity index is 542. The van der Waals surface area contributed by atoms with Gasteiger partial charge in [0.15, 0.2) is 0 Å². The van der Waals surface area contributed by atoms with Crippen LogP contribution in [0.25, 0.3) is 0 Å². The quantitative estimate of drug-likeness (QED) is 0.431. The lowest BCUT2D eigenvalue weighted by Gasteiger charge is -2.18. The standard InChI is InChI=1S/C22H38O2S2/c1-21(2,3)15-9-11-17-25(23)19-13-7-8-14-20(19)26(24)18-12-10-16-22(4,5)6/h7-8,13-14H,9-12,15-18H2,1-6H3. The molecule has 0 fully saturated rings. The Morgan fingerprint density at radius 2 is 1.00 bits per heavy atom. The lowest BCUT2D eigenvalue weighted by Crippen LogP contribution is -2.09. The van der Waals surface area contributed by atoms with Gasteiger partial charge < -0.3 is 0 Å². The van der Waals surface area contributed by atoms with Crippen LogP contribution in [0.3, 0.4) is 0 Å². The van der Waals surface area contributed by atoms with Gasteiger partial charge in [-0.1, -0.05) is 66.5 Å². The summed E-state index contributed by atoms with van der Waals surface area (Å²) in [6, 6.07) is 7.59. The van der Waals surface area contributed by atoms with Crippen LogP contribution in [-0.4, -0.2) is 19.9 Å². The largest absolute Gasteiger partial charge is 0.254 e. The summed E-state index contributed by atoms with van der Waals surface area (Å²) in [6.07, 6.45) is 6.38. The number of benzene rings is 1. The summed E-state index contributed by atoms with van der Waals surface area (Å²) in [6.45, 7) is 13.4. The number of unbranched alkanes of at least 4 members (excludes halogenated alkanes) is 2. The zero-order valence-corrected chi connectivity index (χ0v) is 19.2. The second-order valence-electron chi connectivity index (χ2n) is 9.58. The van der Waals surface area contributed by atoms with Crippen LogP contribution in [0.1, 0.15) is 80.1 Å². The molecule has 1 aromatic rings. The molecule has 0 bridgehead atoms. The molecule has 26 heavy (non-hydrogen) atoms. The monoisotopic (exact) mass is 398 g/mol. The van der Waals surface area contributed by atoms with Crippen molar-refractivity contribution in [3.8, 4) is 0 Å². The summed E-state index contributed by atoms with van der Waals surface area (Å²) < 4.78 is 25.5. The lowest BCUT2D eigenvalue weighted by molar-refractivity contribution is 0.363. The van der Waals surface area contributed by atoms with Gasteiger partial charge in [-0.05, 0) is 48.6 Å². The molecule has 4 heteroatoms. The minimum Gasteiger partial charge on any atom is -0.254 e. The highest BCUT2D eigenvalue weighted by molar-refractivity contribution is 7.88. The highest BCUT2D eigenvalue weighted by Gasteiger charge is 2.16. The molecule has 0 heterocycles. The summed E-state index contributed by atoms with van der Waals surface area (Å²) in [5.41, 5.74) is 0.655. The highest BCUT2D eigenvalue weighted by atomic mass is 32.2. The van der Waals surface area contributed by atoms with Crippen LogP contribution in [0.2, 0.25) is 0 Å². The molecule has 2 nitrogen and oxygen atoms in total. The summed E-state index contributed by atoms with van der Waals surface area (Å²) in [5.74, 6) is 1.32. The molecule has 0 saturated carbocycles. The van der Waals surface area contributed by atoms with Crippen LogP contribution in [0.15, 0.2) is 34.1 Å². The van der Waals surface area contributed by atoms with Crippen LogP contribution in [0.5, 0.6) is 0 Å². The van der Waals surface area contributed by atoms with Crippen molar-refractivity contribution < 1.29 is 8.42 Å². The molecule has 0 aliphatic heterocycles. The molecule has 0 amide bonds. The molecule has 2 unspecified atom stereocenters. The summed E-state index contributed by atoms with van der Waals surface area (Å²) in [5, 5.41) is 0. The summed E-state index contributed by atoms with van der Waals surface area (Å²) in [4.78, 5) is 1.55. The van der Waals surface area contributed by atoms with Crippen LogP contribution < -0.4 is 0 Å². The van der Waals surface area contributed by atoms with Crippen LogP contribution >= 0.6 is 0 Å². The third-order valence-corrected chi connectivity index (χ3v) is 7.49. The fourth-order valence-electron chi connectivity index (χ4n) is 2.82. The zero-order valence-electron chi connectivity index (χ0n) is 17.6. The van der Waals surface area contributed by atoms with E-state index < -0.39 is 21.6 Å². The van der Waals surface area contributed by atoms with Crippen molar-refractivity contribution in [1.29, 1.82) is 0 Å². The predicted octanol–water partition coefficient (Wildman–Crippen LogP) is 6.33. The smallest absolute Gasteiger partial charge is 0.0549 e.